The lowest BCUT2D eigenvalue weighted by Gasteiger charge is -2.18. The van der Waals surface area contributed by atoms with E-state index in [9.17, 15) is 27.6 Å². The van der Waals surface area contributed by atoms with E-state index in [1.165, 1.54) is 12.1 Å². The van der Waals surface area contributed by atoms with Gasteiger partial charge in [-0.2, -0.15) is 23.4 Å². The first kappa shape index (κ1) is 24.3. The summed E-state index contributed by atoms with van der Waals surface area (Å²) < 4.78 is 38.8. The number of hydrogen-bond donors (Lipinski definition) is 3. The van der Waals surface area contributed by atoms with Crippen LogP contribution in [0.3, 0.4) is 0 Å². The maximum atomic E-state index is 13.1. The first-order chi connectivity index (χ1) is 17.2. The van der Waals surface area contributed by atoms with Gasteiger partial charge in [0.05, 0.1) is 17.2 Å². The van der Waals surface area contributed by atoms with Crippen molar-refractivity contribution in [3.05, 3.63) is 112 Å². The van der Waals surface area contributed by atoms with Crippen LogP contribution in [0.2, 0.25) is 0 Å². The molecule has 0 radical (unpaired) electrons. The molecule has 0 fully saturated rings. The van der Waals surface area contributed by atoms with E-state index in [1.54, 1.807) is 54.6 Å². The smallest absolute Gasteiger partial charge is 0.335 e. The molecule has 1 aromatic heterocycles. The van der Waals surface area contributed by atoms with Crippen LogP contribution in [0.15, 0.2) is 88.8 Å². The maximum absolute atomic E-state index is 13.1. The molecule has 4 aromatic rings. The molecule has 8 nitrogen and oxygen atoms in total. The van der Waals surface area contributed by atoms with Crippen molar-refractivity contribution in [1.29, 1.82) is 0 Å². The van der Waals surface area contributed by atoms with E-state index in [4.69, 9.17) is 0 Å². The number of hydrogen-bond acceptors (Lipinski definition) is 5. The van der Waals surface area contributed by atoms with Crippen molar-refractivity contribution in [2.75, 3.05) is 0 Å². The first-order valence-electron chi connectivity index (χ1n) is 10.6. The average Bonchev–Trinajstić information content (AvgIpc) is 2.88. The Morgan fingerprint density at radius 1 is 0.944 bits per heavy atom. The van der Waals surface area contributed by atoms with Crippen molar-refractivity contribution in [1.82, 2.24) is 20.9 Å². The minimum absolute atomic E-state index is 0.0567. The Bertz CT molecular complexity index is 1500. The predicted octanol–water partition coefficient (Wildman–Crippen LogP) is 3.56. The molecule has 3 aromatic carbocycles. The van der Waals surface area contributed by atoms with Crippen molar-refractivity contribution < 1.29 is 22.8 Å². The fourth-order valence-electron chi connectivity index (χ4n) is 3.45. The van der Waals surface area contributed by atoms with Gasteiger partial charge in [0, 0.05) is 10.9 Å². The Morgan fingerprint density at radius 2 is 1.64 bits per heavy atom. The van der Waals surface area contributed by atoms with Gasteiger partial charge in [0.25, 0.3) is 17.4 Å². The van der Waals surface area contributed by atoms with Gasteiger partial charge in [-0.15, -0.1) is 0 Å². The molecule has 1 heterocycles. The average molecular weight is 493 g/mol. The monoisotopic (exact) mass is 493 g/mol. The van der Waals surface area contributed by atoms with Crippen LogP contribution in [-0.4, -0.2) is 28.2 Å². The number of nitrogens with one attached hydrogen (secondary N) is 3. The number of amides is 2. The van der Waals surface area contributed by atoms with Gasteiger partial charge < -0.3 is 5.32 Å². The van der Waals surface area contributed by atoms with Crippen LogP contribution in [-0.2, 0) is 11.0 Å². The summed E-state index contributed by atoms with van der Waals surface area (Å²) in [5, 5.41) is 13.2. The van der Waals surface area contributed by atoms with Gasteiger partial charge in [-0.05, 0) is 35.9 Å². The highest BCUT2D eigenvalue weighted by Crippen LogP contribution is 2.29. The number of alkyl halides is 3. The maximum Gasteiger partial charge on any atom is 0.416 e. The van der Waals surface area contributed by atoms with Gasteiger partial charge in [0.15, 0.2) is 6.04 Å². The highest BCUT2D eigenvalue weighted by atomic mass is 19.4. The number of rotatable bonds is 6. The Kier molecular flexibility index (Phi) is 6.91. The van der Waals surface area contributed by atoms with Gasteiger partial charge in [-0.3, -0.25) is 14.4 Å². The van der Waals surface area contributed by atoms with Crippen molar-refractivity contribution in [3.63, 3.8) is 0 Å². The van der Waals surface area contributed by atoms with Crippen LogP contribution in [0, 0.1) is 0 Å². The summed E-state index contributed by atoms with van der Waals surface area (Å²) in [6.45, 7) is 0. The zero-order valence-corrected chi connectivity index (χ0v) is 18.4. The fraction of sp³-hybridized carbons (Fsp3) is 0.0800. The molecule has 0 saturated heterocycles. The molecule has 0 saturated carbocycles. The van der Waals surface area contributed by atoms with Crippen LogP contribution in [0.5, 0.6) is 0 Å². The fourth-order valence-corrected chi connectivity index (χ4v) is 3.45. The summed E-state index contributed by atoms with van der Waals surface area (Å²) in [4.78, 5) is 38.1. The lowest BCUT2D eigenvalue weighted by molar-refractivity contribution is -0.137. The summed E-state index contributed by atoms with van der Waals surface area (Å²) in [5.74, 6) is -1.41. The quantitative estimate of drug-likeness (QED) is 0.281. The van der Waals surface area contributed by atoms with Gasteiger partial charge >= 0.3 is 6.18 Å². The molecule has 11 heteroatoms. The Labute approximate surface area is 201 Å². The van der Waals surface area contributed by atoms with E-state index < -0.39 is 35.2 Å². The molecule has 182 valence electrons. The topological polar surface area (TPSA) is 116 Å². The minimum Gasteiger partial charge on any atom is -0.335 e. The van der Waals surface area contributed by atoms with Crippen molar-refractivity contribution >= 4 is 28.8 Å². The second kappa shape index (κ2) is 10.2. The highest BCUT2D eigenvalue weighted by molar-refractivity contribution is 5.99. The number of H-pyrrole nitrogens is 1. The second-order valence-electron chi connectivity index (χ2n) is 7.61. The molecule has 1 atom stereocenters. The number of carbonyl (C=O) groups is 2. The molecule has 3 N–H and O–H groups in total. The number of benzene rings is 3. The lowest BCUT2D eigenvalue weighted by atomic mass is 10.0. The van der Waals surface area contributed by atoms with E-state index in [0.29, 0.717) is 5.39 Å². The number of aromatic nitrogens is 2. The standard InChI is InChI=1S/C25H18F3N5O3/c26-25(27,28)17-10-6-7-15(13-17)14-29-32-24(36)21(30-22(34)16-8-2-1-3-9-16)20-18-11-4-5-12-19(18)23(35)33-31-20/h1-14,21H,(H,30,34)(H,32,36)(H,33,35). The summed E-state index contributed by atoms with van der Waals surface area (Å²) in [6, 6.07) is 17.5. The Morgan fingerprint density at radius 3 is 2.36 bits per heavy atom. The number of carbonyl (C=O) groups excluding carboxylic acids is 2. The van der Waals surface area contributed by atoms with Gasteiger partial charge in [0.1, 0.15) is 5.69 Å². The molecule has 0 aliphatic rings. The van der Waals surface area contributed by atoms with Crippen LogP contribution in [0.1, 0.15) is 33.2 Å². The number of nitrogens with zero attached hydrogens (tertiary/aromatic N) is 2. The summed E-state index contributed by atoms with van der Waals surface area (Å²) in [6.07, 6.45) is -3.49. The van der Waals surface area contributed by atoms with Crippen LogP contribution in [0.4, 0.5) is 13.2 Å². The molecular weight excluding hydrogens is 475 g/mol. The molecule has 0 bridgehead atoms. The summed E-state index contributed by atoms with van der Waals surface area (Å²) in [5.41, 5.74) is 1.31. The SMILES string of the molecule is O=C(NC(C(=O)NN=Cc1cccc(C(F)(F)F)c1)c1n[nH]c(=O)c2ccccc12)c1ccccc1. The van der Waals surface area contributed by atoms with E-state index in [0.717, 1.165) is 18.3 Å². The number of aromatic amines is 1. The highest BCUT2D eigenvalue weighted by Gasteiger charge is 2.30. The third-order valence-electron chi connectivity index (χ3n) is 5.17. The molecule has 0 aliphatic carbocycles. The Hall–Kier alpha value is -4.80. The van der Waals surface area contributed by atoms with Crippen LogP contribution >= 0.6 is 0 Å². The van der Waals surface area contributed by atoms with Gasteiger partial charge in [-0.1, -0.05) is 48.5 Å². The zero-order chi connectivity index (χ0) is 25.7. The molecule has 2 amide bonds. The number of hydrazone groups is 1. The third kappa shape index (κ3) is 5.46. The zero-order valence-electron chi connectivity index (χ0n) is 18.4. The van der Waals surface area contributed by atoms with E-state index in [-0.39, 0.29) is 22.2 Å². The van der Waals surface area contributed by atoms with Crippen LogP contribution < -0.4 is 16.3 Å². The lowest BCUT2D eigenvalue weighted by Crippen LogP contribution is -2.40. The predicted molar refractivity (Wildman–Crippen MR) is 126 cm³/mol. The number of halogens is 3. The molecular formula is C25H18F3N5O3. The first-order valence-corrected chi connectivity index (χ1v) is 10.6. The molecule has 4 rings (SSSR count). The number of fused-ring (bicyclic) bond motifs is 1. The second-order valence-corrected chi connectivity index (χ2v) is 7.61. The summed E-state index contributed by atoms with van der Waals surface area (Å²) >= 11 is 0. The molecule has 0 aliphatic heterocycles. The van der Waals surface area contributed by atoms with Gasteiger partial charge in [0.2, 0.25) is 0 Å². The third-order valence-corrected chi connectivity index (χ3v) is 5.17. The summed E-state index contributed by atoms with van der Waals surface area (Å²) in [7, 11) is 0. The minimum atomic E-state index is -4.53. The molecule has 1 unspecified atom stereocenters. The van der Waals surface area contributed by atoms with Gasteiger partial charge in [-0.25, -0.2) is 10.5 Å². The van der Waals surface area contributed by atoms with Crippen molar-refractivity contribution in [2.24, 2.45) is 5.10 Å². The van der Waals surface area contributed by atoms with E-state index in [2.05, 4.69) is 26.0 Å². The van der Waals surface area contributed by atoms with Crippen molar-refractivity contribution in [2.45, 2.75) is 12.2 Å². The Balaban J connectivity index is 1.65. The molecule has 36 heavy (non-hydrogen) atoms. The largest absolute Gasteiger partial charge is 0.416 e. The normalized spacial score (nSPS) is 12.4. The van der Waals surface area contributed by atoms with Crippen molar-refractivity contribution in [3.8, 4) is 0 Å². The van der Waals surface area contributed by atoms with E-state index in [1.807, 2.05) is 0 Å². The van der Waals surface area contributed by atoms with Crippen LogP contribution in [0.25, 0.3) is 10.8 Å². The van der Waals surface area contributed by atoms with E-state index >= 15 is 0 Å². The molecule has 0 spiro atoms.